The number of nitrogens with one attached hydrogen (secondary N) is 2. The lowest BCUT2D eigenvalue weighted by molar-refractivity contribution is -0.126. The van der Waals surface area contributed by atoms with Gasteiger partial charge in [0.15, 0.2) is 0 Å². The van der Waals surface area contributed by atoms with Gasteiger partial charge in [0.1, 0.15) is 0 Å². The molecule has 0 radical (unpaired) electrons. The number of hydrogen-bond donors (Lipinski definition) is 2. The molecule has 2 aliphatic carbocycles. The number of aromatic amines is 1. The van der Waals surface area contributed by atoms with Gasteiger partial charge in [-0.2, -0.15) is 5.10 Å². The molecular weight excluding hydrogens is 238 g/mol. The molecule has 1 amide bonds. The number of hydrogen-bond acceptors (Lipinski definition) is 2. The molecule has 1 heterocycles. The van der Waals surface area contributed by atoms with E-state index < -0.39 is 0 Å². The summed E-state index contributed by atoms with van der Waals surface area (Å²) in [7, 11) is 0. The number of rotatable bonds is 3. The monoisotopic (exact) mass is 259 g/mol. The molecule has 102 valence electrons. The van der Waals surface area contributed by atoms with Crippen molar-refractivity contribution in [3.8, 4) is 0 Å². The van der Waals surface area contributed by atoms with Crippen LogP contribution in [0.2, 0.25) is 0 Å². The van der Waals surface area contributed by atoms with Crippen molar-refractivity contribution in [2.75, 3.05) is 0 Å². The molecule has 1 aromatic rings. The molecule has 0 spiro atoms. The first-order chi connectivity index (χ1) is 9.06. The van der Waals surface area contributed by atoms with Gasteiger partial charge in [-0.25, -0.2) is 0 Å². The summed E-state index contributed by atoms with van der Waals surface area (Å²) in [5.74, 6) is 1.46. The van der Waals surface area contributed by atoms with E-state index in [1.165, 1.54) is 0 Å². The van der Waals surface area contributed by atoms with Crippen LogP contribution in [-0.2, 0) is 4.79 Å². The van der Waals surface area contributed by atoms with Crippen LogP contribution in [0.5, 0.6) is 0 Å². The van der Waals surface area contributed by atoms with Crippen molar-refractivity contribution in [2.45, 2.75) is 39.7 Å². The van der Waals surface area contributed by atoms with Crippen LogP contribution >= 0.6 is 0 Å². The minimum atomic E-state index is 0.0226. The molecule has 4 atom stereocenters. The molecule has 1 saturated carbocycles. The van der Waals surface area contributed by atoms with Gasteiger partial charge in [-0.05, 0) is 45.4 Å². The fourth-order valence-corrected chi connectivity index (χ4v) is 3.67. The molecule has 0 aliphatic heterocycles. The van der Waals surface area contributed by atoms with Gasteiger partial charge in [0.05, 0.1) is 11.7 Å². The van der Waals surface area contributed by atoms with Crippen LogP contribution in [-0.4, -0.2) is 16.1 Å². The number of allylic oxidation sites excluding steroid dienone is 2. The van der Waals surface area contributed by atoms with Crippen LogP contribution in [0.25, 0.3) is 0 Å². The summed E-state index contributed by atoms with van der Waals surface area (Å²) in [6.07, 6.45) is 6.67. The van der Waals surface area contributed by atoms with E-state index in [1.807, 2.05) is 20.8 Å². The highest BCUT2D eigenvalue weighted by Crippen LogP contribution is 2.43. The highest BCUT2D eigenvalue weighted by molar-refractivity contribution is 5.80. The number of nitrogens with zero attached hydrogens (tertiary/aromatic N) is 1. The highest BCUT2D eigenvalue weighted by atomic mass is 16.2. The van der Waals surface area contributed by atoms with Crippen LogP contribution in [0.3, 0.4) is 0 Å². The molecule has 3 rings (SSSR count). The van der Waals surface area contributed by atoms with E-state index in [-0.39, 0.29) is 17.9 Å². The first-order valence-corrected chi connectivity index (χ1v) is 7.06. The van der Waals surface area contributed by atoms with E-state index >= 15 is 0 Å². The summed E-state index contributed by atoms with van der Waals surface area (Å²) in [6, 6.07) is 0.0226. The molecular formula is C15H21N3O. The Morgan fingerprint density at radius 2 is 2.21 bits per heavy atom. The number of carbonyl (C=O) groups is 1. The van der Waals surface area contributed by atoms with Crippen molar-refractivity contribution >= 4 is 5.91 Å². The van der Waals surface area contributed by atoms with E-state index in [0.717, 1.165) is 29.8 Å². The maximum absolute atomic E-state index is 12.4. The minimum absolute atomic E-state index is 0.0226. The number of aromatic nitrogens is 2. The molecule has 0 aromatic carbocycles. The average Bonchev–Trinajstić information content (AvgIpc) is 3.05. The molecule has 0 saturated heterocycles. The third-order valence-corrected chi connectivity index (χ3v) is 4.59. The summed E-state index contributed by atoms with van der Waals surface area (Å²) in [5.41, 5.74) is 3.13. The second-order valence-electron chi connectivity index (χ2n) is 5.96. The van der Waals surface area contributed by atoms with Gasteiger partial charge < -0.3 is 5.32 Å². The standard InChI is InChI=1S/C15H21N3O/c1-8(14-9(2)17-18-10(14)3)16-15(19)13-7-11-4-5-12(13)6-11/h4-5,8,11-13H,6-7H2,1-3H3,(H,16,19)(H,17,18)/t8-,11-,12+,13-/m1/s1. The van der Waals surface area contributed by atoms with Crippen molar-refractivity contribution in [1.29, 1.82) is 0 Å². The van der Waals surface area contributed by atoms with Gasteiger partial charge in [0.25, 0.3) is 0 Å². The van der Waals surface area contributed by atoms with E-state index in [4.69, 9.17) is 0 Å². The highest BCUT2D eigenvalue weighted by Gasteiger charge is 2.40. The molecule has 1 fully saturated rings. The minimum Gasteiger partial charge on any atom is -0.349 e. The van der Waals surface area contributed by atoms with Crippen molar-refractivity contribution in [3.05, 3.63) is 29.1 Å². The largest absolute Gasteiger partial charge is 0.349 e. The number of amides is 1. The zero-order chi connectivity index (χ0) is 13.6. The number of fused-ring (bicyclic) bond motifs is 2. The zero-order valence-corrected chi connectivity index (χ0v) is 11.7. The smallest absolute Gasteiger partial charge is 0.224 e. The van der Waals surface area contributed by atoms with Crippen molar-refractivity contribution in [2.24, 2.45) is 17.8 Å². The number of H-pyrrole nitrogens is 1. The number of carbonyl (C=O) groups excluding carboxylic acids is 1. The summed E-state index contributed by atoms with van der Waals surface area (Å²) in [6.45, 7) is 6.01. The summed E-state index contributed by atoms with van der Waals surface area (Å²) in [5, 5.41) is 10.3. The predicted molar refractivity (Wildman–Crippen MR) is 73.5 cm³/mol. The Morgan fingerprint density at radius 3 is 2.74 bits per heavy atom. The Morgan fingerprint density at radius 1 is 1.42 bits per heavy atom. The normalized spacial score (nSPS) is 29.7. The Bertz CT molecular complexity index is 512. The SMILES string of the molecule is Cc1n[nH]c(C)c1[C@@H](C)NC(=O)[C@@H]1C[C@@H]2C=C[C@H]1C2. The molecule has 2 N–H and O–H groups in total. The van der Waals surface area contributed by atoms with Gasteiger partial charge in [-0.3, -0.25) is 9.89 Å². The van der Waals surface area contributed by atoms with E-state index in [1.54, 1.807) is 0 Å². The second kappa shape index (κ2) is 4.51. The van der Waals surface area contributed by atoms with Gasteiger partial charge in [0, 0.05) is 17.2 Å². The van der Waals surface area contributed by atoms with E-state index in [0.29, 0.717) is 11.8 Å². The van der Waals surface area contributed by atoms with Gasteiger partial charge in [-0.1, -0.05) is 12.2 Å². The topological polar surface area (TPSA) is 57.8 Å². The zero-order valence-electron chi connectivity index (χ0n) is 11.7. The van der Waals surface area contributed by atoms with E-state index in [9.17, 15) is 4.79 Å². The van der Waals surface area contributed by atoms with Crippen LogP contribution in [0.4, 0.5) is 0 Å². The van der Waals surface area contributed by atoms with Crippen molar-refractivity contribution in [1.82, 2.24) is 15.5 Å². The van der Waals surface area contributed by atoms with Crippen LogP contribution in [0.15, 0.2) is 12.2 Å². The molecule has 0 unspecified atom stereocenters. The third kappa shape index (κ3) is 2.09. The molecule has 4 heteroatoms. The molecule has 2 bridgehead atoms. The van der Waals surface area contributed by atoms with Gasteiger partial charge in [0.2, 0.25) is 5.91 Å². The Balaban J connectivity index is 1.68. The maximum Gasteiger partial charge on any atom is 0.224 e. The van der Waals surface area contributed by atoms with Gasteiger partial charge in [-0.15, -0.1) is 0 Å². The van der Waals surface area contributed by atoms with Crippen LogP contribution in [0, 0.1) is 31.6 Å². The fraction of sp³-hybridized carbons (Fsp3) is 0.600. The Hall–Kier alpha value is -1.58. The number of aryl methyl sites for hydroxylation is 2. The molecule has 4 nitrogen and oxygen atoms in total. The lowest BCUT2D eigenvalue weighted by Gasteiger charge is -2.21. The predicted octanol–water partition coefficient (Wildman–Crippen LogP) is 2.42. The van der Waals surface area contributed by atoms with Crippen molar-refractivity contribution in [3.63, 3.8) is 0 Å². The molecule has 2 aliphatic rings. The molecule has 19 heavy (non-hydrogen) atoms. The van der Waals surface area contributed by atoms with Crippen LogP contribution < -0.4 is 5.32 Å². The first-order valence-electron chi connectivity index (χ1n) is 7.06. The van der Waals surface area contributed by atoms with Crippen LogP contribution in [0.1, 0.15) is 42.8 Å². The second-order valence-corrected chi connectivity index (χ2v) is 5.96. The summed E-state index contributed by atoms with van der Waals surface area (Å²) >= 11 is 0. The lowest BCUT2D eigenvalue weighted by atomic mass is 9.92. The maximum atomic E-state index is 12.4. The first kappa shape index (κ1) is 12.5. The van der Waals surface area contributed by atoms with E-state index in [2.05, 4.69) is 27.7 Å². The quantitative estimate of drug-likeness (QED) is 0.819. The lowest BCUT2D eigenvalue weighted by Crippen LogP contribution is -2.35. The Labute approximate surface area is 113 Å². The van der Waals surface area contributed by atoms with Crippen molar-refractivity contribution < 1.29 is 4.79 Å². The Kier molecular flexibility index (Phi) is 2.96. The third-order valence-electron chi connectivity index (χ3n) is 4.59. The molecule has 1 aromatic heterocycles. The summed E-state index contributed by atoms with van der Waals surface area (Å²) in [4.78, 5) is 12.4. The summed E-state index contributed by atoms with van der Waals surface area (Å²) < 4.78 is 0. The average molecular weight is 259 g/mol. The fourth-order valence-electron chi connectivity index (χ4n) is 3.67. The van der Waals surface area contributed by atoms with Gasteiger partial charge >= 0.3 is 0 Å².